The van der Waals surface area contributed by atoms with E-state index in [-0.39, 0.29) is 11.8 Å². The Hall–Kier alpha value is -3.05. The van der Waals surface area contributed by atoms with E-state index in [1.807, 2.05) is 85.8 Å². The monoisotopic (exact) mass is 446 g/mol. The third kappa shape index (κ3) is 6.47. The Balaban J connectivity index is 1.79. The Morgan fingerprint density at radius 1 is 0.812 bits per heavy atom. The molecule has 4 nitrogen and oxygen atoms in total. The minimum absolute atomic E-state index is 0.119. The Kier molecular flexibility index (Phi) is 8.51. The number of carbonyl (C=O) groups excluding carboxylic acids is 2. The van der Waals surface area contributed by atoms with Gasteiger partial charge in [0.15, 0.2) is 0 Å². The summed E-state index contributed by atoms with van der Waals surface area (Å²) in [6, 6.07) is 29.8. The van der Waals surface area contributed by atoms with E-state index < -0.39 is 5.54 Å². The average Bonchev–Trinajstić information content (AvgIpc) is 2.82. The number of amides is 2. The van der Waals surface area contributed by atoms with Gasteiger partial charge in [0.05, 0.1) is 0 Å². The number of rotatable bonds is 10. The van der Waals surface area contributed by atoms with Crippen molar-refractivity contribution in [2.45, 2.75) is 38.2 Å². The molecular weight excluding hydrogens is 416 g/mol. The molecule has 0 saturated heterocycles. The summed E-state index contributed by atoms with van der Waals surface area (Å²) in [5.74, 6) is 1.01. The van der Waals surface area contributed by atoms with Gasteiger partial charge in [-0.05, 0) is 23.6 Å². The summed E-state index contributed by atoms with van der Waals surface area (Å²) in [6.07, 6.45) is 0. The van der Waals surface area contributed by atoms with Gasteiger partial charge in [-0.2, -0.15) is 11.8 Å². The minimum atomic E-state index is -0.990. The summed E-state index contributed by atoms with van der Waals surface area (Å²) in [4.78, 5) is 27.9. The van der Waals surface area contributed by atoms with E-state index in [1.165, 1.54) is 12.5 Å². The predicted molar refractivity (Wildman–Crippen MR) is 132 cm³/mol. The van der Waals surface area contributed by atoms with Crippen LogP contribution in [-0.2, 0) is 28.4 Å². The van der Waals surface area contributed by atoms with Crippen LogP contribution in [0.3, 0.4) is 0 Å². The highest BCUT2D eigenvalue weighted by Crippen LogP contribution is 2.26. The van der Waals surface area contributed by atoms with Crippen molar-refractivity contribution < 1.29 is 9.59 Å². The molecule has 0 spiro atoms. The molecule has 32 heavy (non-hydrogen) atoms. The molecule has 0 bridgehead atoms. The second-order valence-electron chi connectivity index (χ2n) is 8.01. The molecule has 0 aliphatic carbocycles. The van der Waals surface area contributed by atoms with Crippen molar-refractivity contribution in [1.29, 1.82) is 0 Å². The third-order valence-corrected chi connectivity index (χ3v) is 6.74. The smallest absolute Gasteiger partial charge is 0.246 e. The number of hydrogen-bond acceptors (Lipinski definition) is 3. The fourth-order valence-electron chi connectivity index (χ4n) is 3.58. The molecule has 0 fully saturated rings. The van der Waals surface area contributed by atoms with Crippen LogP contribution >= 0.6 is 11.8 Å². The van der Waals surface area contributed by atoms with Gasteiger partial charge in [0.2, 0.25) is 11.8 Å². The van der Waals surface area contributed by atoms with Crippen LogP contribution in [0.4, 0.5) is 0 Å². The second-order valence-corrected chi connectivity index (χ2v) is 9.00. The molecule has 0 saturated carbocycles. The molecule has 0 aliphatic rings. The highest BCUT2D eigenvalue weighted by Gasteiger charge is 2.41. The van der Waals surface area contributed by atoms with E-state index in [0.717, 1.165) is 16.9 Å². The molecule has 1 N–H and O–H groups in total. The number of nitrogens with zero attached hydrogens (tertiary/aromatic N) is 1. The third-order valence-electron chi connectivity index (χ3n) is 5.44. The number of carbonyl (C=O) groups is 2. The highest BCUT2D eigenvalue weighted by molar-refractivity contribution is 7.98. The maximum absolute atomic E-state index is 13.5. The van der Waals surface area contributed by atoms with Gasteiger partial charge in [-0.25, -0.2) is 0 Å². The quantitative estimate of drug-likeness (QED) is 0.474. The molecular formula is C27H30N2O2S. The van der Waals surface area contributed by atoms with Crippen molar-refractivity contribution in [3.63, 3.8) is 0 Å². The predicted octanol–water partition coefficient (Wildman–Crippen LogP) is 5.04. The van der Waals surface area contributed by atoms with E-state index in [2.05, 4.69) is 17.4 Å². The Morgan fingerprint density at radius 2 is 1.31 bits per heavy atom. The largest absolute Gasteiger partial charge is 0.350 e. The van der Waals surface area contributed by atoms with E-state index in [4.69, 9.17) is 0 Å². The molecule has 5 heteroatoms. The van der Waals surface area contributed by atoms with Crippen molar-refractivity contribution in [1.82, 2.24) is 10.2 Å². The van der Waals surface area contributed by atoms with Crippen LogP contribution in [-0.4, -0.2) is 28.0 Å². The maximum Gasteiger partial charge on any atom is 0.246 e. The van der Waals surface area contributed by atoms with Crippen LogP contribution in [0, 0.1) is 0 Å². The van der Waals surface area contributed by atoms with Crippen LogP contribution in [0.2, 0.25) is 0 Å². The minimum Gasteiger partial charge on any atom is -0.350 e. The van der Waals surface area contributed by atoms with Crippen molar-refractivity contribution in [3.8, 4) is 0 Å². The lowest BCUT2D eigenvalue weighted by atomic mass is 9.99. The standard InChI is InChI=1S/C27H30N2O2S/c1-22(30)29(19-24-14-8-4-9-15-24)27(2,21-32-20-25-16-10-5-11-17-25)26(31)28-18-23-12-6-3-7-13-23/h3-17H,18-21H2,1-2H3,(H,28,31). The first kappa shape index (κ1) is 23.6. The van der Waals surface area contributed by atoms with Gasteiger partial charge in [0, 0.05) is 31.5 Å². The van der Waals surface area contributed by atoms with Crippen LogP contribution < -0.4 is 5.32 Å². The Morgan fingerprint density at radius 3 is 1.84 bits per heavy atom. The van der Waals surface area contributed by atoms with Crippen LogP contribution in [0.15, 0.2) is 91.0 Å². The van der Waals surface area contributed by atoms with Crippen molar-refractivity contribution in [2.24, 2.45) is 0 Å². The van der Waals surface area contributed by atoms with Gasteiger partial charge in [-0.15, -0.1) is 0 Å². The first-order chi connectivity index (χ1) is 15.5. The number of benzene rings is 3. The normalized spacial score (nSPS) is 12.6. The summed E-state index contributed by atoms with van der Waals surface area (Å²) >= 11 is 1.66. The highest BCUT2D eigenvalue weighted by atomic mass is 32.2. The number of nitrogens with one attached hydrogen (secondary N) is 1. The fraction of sp³-hybridized carbons (Fsp3) is 0.259. The summed E-state index contributed by atoms with van der Waals surface area (Å²) in [5.41, 5.74) is 2.23. The SMILES string of the molecule is CC(=O)N(Cc1ccccc1)C(C)(CSCc1ccccc1)C(=O)NCc1ccccc1. The lowest BCUT2D eigenvalue weighted by molar-refractivity contribution is -0.145. The number of hydrogen-bond donors (Lipinski definition) is 1. The Labute approximate surface area is 195 Å². The molecule has 0 aliphatic heterocycles. The Bertz CT molecular complexity index is 996. The van der Waals surface area contributed by atoms with Crippen molar-refractivity contribution in [2.75, 3.05) is 5.75 Å². The molecule has 1 atom stereocenters. The molecule has 1 unspecified atom stereocenters. The molecule has 0 radical (unpaired) electrons. The topological polar surface area (TPSA) is 49.4 Å². The lowest BCUT2D eigenvalue weighted by Crippen LogP contribution is -2.59. The van der Waals surface area contributed by atoms with Gasteiger partial charge < -0.3 is 10.2 Å². The number of thioether (sulfide) groups is 1. The first-order valence-corrected chi connectivity index (χ1v) is 11.9. The summed E-state index contributed by atoms with van der Waals surface area (Å²) < 4.78 is 0. The van der Waals surface area contributed by atoms with Crippen LogP contribution in [0.5, 0.6) is 0 Å². The van der Waals surface area contributed by atoms with Gasteiger partial charge in [-0.1, -0.05) is 91.0 Å². The molecule has 3 rings (SSSR count). The van der Waals surface area contributed by atoms with E-state index in [0.29, 0.717) is 18.8 Å². The molecule has 0 aromatic heterocycles. The molecule has 3 aromatic carbocycles. The lowest BCUT2D eigenvalue weighted by Gasteiger charge is -2.39. The van der Waals surface area contributed by atoms with Gasteiger partial charge >= 0.3 is 0 Å². The van der Waals surface area contributed by atoms with Crippen LogP contribution in [0.25, 0.3) is 0 Å². The van der Waals surface area contributed by atoms with Gasteiger partial charge in [0.25, 0.3) is 0 Å². The average molecular weight is 447 g/mol. The summed E-state index contributed by atoms with van der Waals surface area (Å²) in [5, 5.41) is 3.06. The second kappa shape index (κ2) is 11.5. The molecule has 3 aromatic rings. The van der Waals surface area contributed by atoms with E-state index in [1.54, 1.807) is 16.7 Å². The zero-order valence-corrected chi connectivity index (χ0v) is 19.5. The fourth-order valence-corrected chi connectivity index (χ4v) is 4.79. The van der Waals surface area contributed by atoms with Gasteiger partial charge in [-0.3, -0.25) is 9.59 Å². The molecule has 0 heterocycles. The first-order valence-electron chi connectivity index (χ1n) is 10.7. The maximum atomic E-state index is 13.5. The van der Waals surface area contributed by atoms with Crippen molar-refractivity contribution in [3.05, 3.63) is 108 Å². The van der Waals surface area contributed by atoms with E-state index in [9.17, 15) is 9.59 Å². The van der Waals surface area contributed by atoms with Crippen molar-refractivity contribution >= 4 is 23.6 Å². The zero-order chi connectivity index (χ0) is 22.8. The van der Waals surface area contributed by atoms with E-state index >= 15 is 0 Å². The van der Waals surface area contributed by atoms with Gasteiger partial charge in [0.1, 0.15) is 5.54 Å². The summed E-state index contributed by atoms with van der Waals surface area (Å²) in [7, 11) is 0. The molecule has 2 amide bonds. The zero-order valence-electron chi connectivity index (χ0n) is 18.7. The van der Waals surface area contributed by atoms with Crippen LogP contribution in [0.1, 0.15) is 30.5 Å². The summed E-state index contributed by atoms with van der Waals surface area (Å²) in [6.45, 7) is 4.22. The molecule has 166 valence electrons.